The molecular formula is C27H31N5O7. The Morgan fingerprint density at radius 1 is 0.872 bits per heavy atom. The quantitative estimate of drug-likeness (QED) is 0.149. The van der Waals surface area contributed by atoms with Gasteiger partial charge < -0.3 is 30.5 Å². The van der Waals surface area contributed by atoms with E-state index in [9.17, 15) is 19.5 Å². The minimum atomic E-state index is -2.03. The van der Waals surface area contributed by atoms with E-state index < -0.39 is 41.5 Å². The van der Waals surface area contributed by atoms with Crippen LogP contribution in [0.15, 0.2) is 79.0 Å². The first kappa shape index (κ1) is 29.0. The van der Waals surface area contributed by atoms with Crippen molar-refractivity contribution < 1.29 is 34.2 Å². The van der Waals surface area contributed by atoms with E-state index in [1.165, 1.54) is 18.8 Å². The van der Waals surface area contributed by atoms with Gasteiger partial charge in [-0.05, 0) is 62.4 Å². The van der Waals surface area contributed by atoms with Crippen molar-refractivity contribution in [2.24, 2.45) is 0 Å². The highest BCUT2D eigenvalue weighted by Gasteiger charge is 2.40. The Hall–Kier alpha value is -4.52. The molecule has 6 N–H and O–H groups in total. The first-order valence-corrected chi connectivity index (χ1v) is 11.9. The molecule has 3 unspecified atom stereocenters. The van der Waals surface area contributed by atoms with Crippen LogP contribution in [0.5, 0.6) is 11.5 Å². The van der Waals surface area contributed by atoms with E-state index in [-0.39, 0.29) is 5.82 Å². The summed E-state index contributed by atoms with van der Waals surface area (Å²) >= 11 is 0. The lowest BCUT2D eigenvalue weighted by atomic mass is 9.96. The van der Waals surface area contributed by atoms with Crippen molar-refractivity contribution in [3.8, 4) is 11.5 Å². The van der Waals surface area contributed by atoms with Crippen molar-refractivity contribution in [2.75, 3.05) is 17.7 Å². The topological polar surface area (TPSA) is 171 Å². The molecule has 0 aliphatic heterocycles. The lowest BCUT2D eigenvalue weighted by molar-refractivity contribution is -0.143. The molecule has 206 valence electrons. The molecule has 3 atom stereocenters. The summed E-state index contributed by atoms with van der Waals surface area (Å²) in [6.07, 6.45) is -0.537. The normalized spacial score (nSPS) is 13.4. The highest BCUT2D eigenvalue weighted by Crippen LogP contribution is 2.23. The second-order valence-corrected chi connectivity index (χ2v) is 8.94. The number of hydrogen-bond acceptors (Lipinski definition) is 9. The van der Waals surface area contributed by atoms with Gasteiger partial charge in [-0.25, -0.2) is 10.5 Å². The van der Waals surface area contributed by atoms with E-state index in [2.05, 4.69) is 20.9 Å². The Bertz CT molecular complexity index is 1240. The van der Waals surface area contributed by atoms with E-state index in [0.717, 1.165) is 0 Å². The predicted molar refractivity (Wildman–Crippen MR) is 142 cm³/mol. The number of rotatable bonds is 12. The number of benzene rings is 2. The summed E-state index contributed by atoms with van der Waals surface area (Å²) in [5.41, 5.74) is 0.471. The number of carbonyl (C=O) groups excluding carboxylic acids is 3. The van der Waals surface area contributed by atoms with Gasteiger partial charge in [0.25, 0.3) is 11.8 Å². The number of nitrogens with one attached hydrogen (secondary N) is 4. The minimum absolute atomic E-state index is 0.251. The fraction of sp³-hybridized carbons (Fsp3) is 0.259. The SMILES string of the molecule is COC(C)(C)C(NC(=O)C(Nc1ccc(Oc2ccccc2)cc1)C(O)C(=O)NO)C(=O)Nc1ccccn1. The summed E-state index contributed by atoms with van der Waals surface area (Å²) < 4.78 is 11.2. The first-order valence-electron chi connectivity index (χ1n) is 11.9. The third-order valence-corrected chi connectivity index (χ3v) is 5.82. The molecule has 0 fully saturated rings. The molecule has 0 saturated heterocycles. The van der Waals surface area contributed by atoms with E-state index in [0.29, 0.717) is 17.2 Å². The van der Waals surface area contributed by atoms with Gasteiger partial charge in [0.2, 0.25) is 5.91 Å². The Balaban J connectivity index is 1.81. The molecule has 0 bridgehead atoms. The van der Waals surface area contributed by atoms with Gasteiger partial charge in [0.05, 0.1) is 5.60 Å². The van der Waals surface area contributed by atoms with Crippen LogP contribution in [0, 0.1) is 0 Å². The van der Waals surface area contributed by atoms with E-state index in [4.69, 9.17) is 14.7 Å². The smallest absolute Gasteiger partial charge is 0.274 e. The van der Waals surface area contributed by atoms with Crippen LogP contribution in [0.4, 0.5) is 11.5 Å². The van der Waals surface area contributed by atoms with E-state index in [1.54, 1.807) is 68.4 Å². The second-order valence-electron chi connectivity index (χ2n) is 8.94. The number of aliphatic hydroxyl groups excluding tert-OH is 1. The highest BCUT2D eigenvalue weighted by atomic mass is 16.5. The molecule has 3 rings (SSSR count). The number of para-hydroxylation sites is 1. The van der Waals surface area contributed by atoms with Gasteiger partial charge in [-0.1, -0.05) is 24.3 Å². The predicted octanol–water partition coefficient (Wildman–Crippen LogP) is 2.07. The number of methoxy groups -OCH3 is 1. The molecule has 0 aliphatic rings. The highest BCUT2D eigenvalue weighted by molar-refractivity contribution is 6.00. The summed E-state index contributed by atoms with van der Waals surface area (Å²) in [4.78, 5) is 42.6. The zero-order chi connectivity index (χ0) is 28.4. The Kier molecular flexibility index (Phi) is 9.92. The Morgan fingerprint density at radius 2 is 1.51 bits per heavy atom. The maximum Gasteiger partial charge on any atom is 0.274 e. The van der Waals surface area contributed by atoms with E-state index >= 15 is 0 Å². The van der Waals surface area contributed by atoms with Gasteiger partial charge >= 0.3 is 0 Å². The van der Waals surface area contributed by atoms with Gasteiger partial charge in [-0.2, -0.15) is 0 Å². The monoisotopic (exact) mass is 537 g/mol. The van der Waals surface area contributed by atoms with Crippen LogP contribution in [0.1, 0.15) is 13.8 Å². The average molecular weight is 538 g/mol. The molecule has 3 aromatic rings. The summed E-state index contributed by atoms with van der Waals surface area (Å²) in [6, 6.07) is 17.5. The number of hydrogen-bond donors (Lipinski definition) is 6. The van der Waals surface area contributed by atoms with E-state index in [1.807, 2.05) is 18.2 Å². The van der Waals surface area contributed by atoms with Crippen LogP contribution >= 0.6 is 0 Å². The van der Waals surface area contributed by atoms with Crippen molar-refractivity contribution >= 4 is 29.2 Å². The lowest BCUT2D eigenvalue weighted by Gasteiger charge is -2.34. The van der Waals surface area contributed by atoms with Gasteiger partial charge in [0.15, 0.2) is 6.10 Å². The number of anilines is 2. The molecule has 0 aliphatic carbocycles. The van der Waals surface area contributed by atoms with Crippen LogP contribution in [0.3, 0.4) is 0 Å². The van der Waals surface area contributed by atoms with Gasteiger partial charge in [0.1, 0.15) is 29.4 Å². The number of amides is 3. The second kappa shape index (κ2) is 13.3. The number of aromatic nitrogens is 1. The molecule has 0 saturated carbocycles. The number of nitrogens with zero attached hydrogens (tertiary/aromatic N) is 1. The lowest BCUT2D eigenvalue weighted by Crippen LogP contribution is -2.61. The van der Waals surface area contributed by atoms with Crippen molar-refractivity contribution in [1.29, 1.82) is 0 Å². The van der Waals surface area contributed by atoms with Crippen molar-refractivity contribution in [1.82, 2.24) is 15.8 Å². The van der Waals surface area contributed by atoms with Crippen LogP contribution in [-0.4, -0.2) is 63.9 Å². The molecular weight excluding hydrogens is 506 g/mol. The summed E-state index contributed by atoms with van der Waals surface area (Å²) in [5, 5.41) is 27.5. The number of aliphatic hydroxyl groups is 1. The molecule has 3 amide bonds. The fourth-order valence-electron chi connectivity index (χ4n) is 3.47. The Morgan fingerprint density at radius 3 is 2.10 bits per heavy atom. The zero-order valence-electron chi connectivity index (χ0n) is 21.6. The molecule has 0 radical (unpaired) electrons. The standard InChI is InChI=1S/C27H31N5O7/c1-27(2,38-3)23(26(36)30-20-11-7-8-16-28-20)31-24(34)21(22(33)25(35)32-37)29-17-12-14-19(15-13-17)39-18-9-5-4-6-10-18/h4-16,21-23,29,33,37H,1-3H3,(H,31,34)(H,32,35)(H,28,30,36). The van der Waals surface area contributed by atoms with Crippen molar-refractivity contribution in [3.05, 3.63) is 79.0 Å². The van der Waals surface area contributed by atoms with Crippen LogP contribution in [0.25, 0.3) is 0 Å². The summed E-state index contributed by atoms with van der Waals surface area (Å²) in [7, 11) is 1.37. The van der Waals surface area contributed by atoms with Crippen LogP contribution in [0.2, 0.25) is 0 Å². The molecule has 1 heterocycles. The van der Waals surface area contributed by atoms with Gasteiger partial charge in [-0.15, -0.1) is 0 Å². The van der Waals surface area contributed by atoms with Gasteiger partial charge in [-0.3, -0.25) is 19.6 Å². The number of hydroxylamine groups is 1. The van der Waals surface area contributed by atoms with Crippen LogP contribution in [-0.2, 0) is 19.1 Å². The average Bonchev–Trinajstić information content (AvgIpc) is 2.95. The zero-order valence-corrected chi connectivity index (χ0v) is 21.6. The molecule has 1 aromatic heterocycles. The molecule has 12 heteroatoms. The third-order valence-electron chi connectivity index (χ3n) is 5.82. The number of ether oxygens (including phenoxy) is 2. The molecule has 12 nitrogen and oxygen atoms in total. The third kappa shape index (κ3) is 7.98. The van der Waals surface area contributed by atoms with Crippen molar-refractivity contribution in [3.63, 3.8) is 0 Å². The molecule has 2 aromatic carbocycles. The Labute approximate surface area is 225 Å². The first-order chi connectivity index (χ1) is 18.6. The summed E-state index contributed by atoms with van der Waals surface area (Å²) in [5.74, 6) is -1.40. The number of carbonyl (C=O) groups is 3. The van der Waals surface area contributed by atoms with Gasteiger partial charge in [0, 0.05) is 19.0 Å². The minimum Gasteiger partial charge on any atom is -0.457 e. The summed E-state index contributed by atoms with van der Waals surface area (Å²) in [6.45, 7) is 3.17. The van der Waals surface area contributed by atoms with Crippen molar-refractivity contribution in [2.45, 2.75) is 37.6 Å². The largest absolute Gasteiger partial charge is 0.457 e. The van der Waals surface area contributed by atoms with Crippen LogP contribution < -0.4 is 26.2 Å². The molecule has 0 spiro atoms. The maximum absolute atomic E-state index is 13.4. The maximum atomic E-state index is 13.4. The fourth-order valence-corrected chi connectivity index (χ4v) is 3.47. The molecule has 39 heavy (non-hydrogen) atoms. The number of pyridine rings is 1.